The van der Waals surface area contributed by atoms with Crippen molar-refractivity contribution in [3.8, 4) is 5.75 Å². The van der Waals surface area contributed by atoms with E-state index in [0.717, 1.165) is 0 Å². The minimum atomic E-state index is -0.509. The number of halogens is 1. The fraction of sp³-hybridized carbons (Fsp3) is 0.417. The van der Waals surface area contributed by atoms with Gasteiger partial charge in [-0.05, 0) is 25.1 Å². The Morgan fingerprint density at radius 1 is 1.38 bits per heavy atom. The highest BCUT2D eigenvalue weighted by Crippen LogP contribution is 2.18. The standard InChI is InChI=1S/C12H15FO3/c1-9(14)10-4-5-12(11(13)8-10)16-7-3-6-15-2/h4-5,8H,3,6-7H2,1-2H3. The van der Waals surface area contributed by atoms with Crippen molar-refractivity contribution < 1.29 is 18.7 Å². The predicted octanol–water partition coefficient (Wildman–Crippen LogP) is 2.44. The molecule has 4 heteroatoms. The first-order chi connectivity index (χ1) is 7.65. The minimum Gasteiger partial charge on any atom is -0.490 e. The second kappa shape index (κ2) is 6.23. The lowest BCUT2D eigenvalue weighted by Crippen LogP contribution is -2.03. The van der Waals surface area contributed by atoms with Gasteiger partial charge in [-0.2, -0.15) is 0 Å². The summed E-state index contributed by atoms with van der Waals surface area (Å²) in [5.74, 6) is -0.504. The summed E-state index contributed by atoms with van der Waals surface area (Å²) in [4.78, 5) is 11.0. The van der Waals surface area contributed by atoms with Crippen LogP contribution in [0.5, 0.6) is 5.75 Å². The smallest absolute Gasteiger partial charge is 0.165 e. The second-order valence-electron chi connectivity index (χ2n) is 3.40. The SMILES string of the molecule is COCCCOc1ccc(C(C)=O)cc1F. The Morgan fingerprint density at radius 2 is 2.12 bits per heavy atom. The van der Waals surface area contributed by atoms with Gasteiger partial charge in [-0.15, -0.1) is 0 Å². The van der Waals surface area contributed by atoms with Gasteiger partial charge in [0, 0.05) is 25.7 Å². The summed E-state index contributed by atoms with van der Waals surface area (Å²) in [6.07, 6.45) is 0.699. The zero-order valence-corrected chi connectivity index (χ0v) is 9.46. The molecule has 0 aliphatic carbocycles. The molecule has 0 saturated carbocycles. The van der Waals surface area contributed by atoms with E-state index in [4.69, 9.17) is 9.47 Å². The number of methoxy groups -OCH3 is 1. The molecule has 88 valence electrons. The van der Waals surface area contributed by atoms with Crippen molar-refractivity contribution in [1.82, 2.24) is 0 Å². The summed E-state index contributed by atoms with van der Waals surface area (Å²) in [6, 6.07) is 4.21. The van der Waals surface area contributed by atoms with Crippen molar-refractivity contribution in [2.75, 3.05) is 20.3 Å². The fourth-order valence-electron chi connectivity index (χ4n) is 1.22. The predicted molar refractivity (Wildman–Crippen MR) is 58.4 cm³/mol. The molecule has 0 saturated heterocycles. The molecule has 0 aliphatic rings. The number of hydrogen-bond acceptors (Lipinski definition) is 3. The molecule has 0 spiro atoms. The van der Waals surface area contributed by atoms with Crippen LogP contribution in [-0.2, 0) is 4.74 Å². The molecule has 0 atom stereocenters. The average molecular weight is 226 g/mol. The first-order valence-corrected chi connectivity index (χ1v) is 5.07. The van der Waals surface area contributed by atoms with Gasteiger partial charge in [-0.25, -0.2) is 4.39 Å². The number of rotatable bonds is 6. The van der Waals surface area contributed by atoms with Crippen molar-refractivity contribution >= 4 is 5.78 Å². The fourth-order valence-corrected chi connectivity index (χ4v) is 1.22. The molecule has 3 nitrogen and oxygen atoms in total. The Balaban J connectivity index is 2.57. The Hall–Kier alpha value is -1.42. The first kappa shape index (κ1) is 12.6. The zero-order chi connectivity index (χ0) is 12.0. The highest BCUT2D eigenvalue weighted by atomic mass is 19.1. The van der Waals surface area contributed by atoms with E-state index in [0.29, 0.717) is 25.2 Å². The normalized spacial score (nSPS) is 10.2. The Labute approximate surface area is 94.2 Å². The van der Waals surface area contributed by atoms with Crippen molar-refractivity contribution in [3.63, 3.8) is 0 Å². The lowest BCUT2D eigenvalue weighted by Gasteiger charge is -2.07. The van der Waals surface area contributed by atoms with Gasteiger partial charge in [0.2, 0.25) is 0 Å². The maximum Gasteiger partial charge on any atom is 0.165 e. The van der Waals surface area contributed by atoms with Crippen LogP contribution in [0.25, 0.3) is 0 Å². The number of Topliss-reactive ketones (excluding diaryl/α,β-unsaturated/α-hetero) is 1. The van der Waals surface area contributed by atoms with E-state index < -0.39 is 5.82 Å². The number of carbonyl (C=O) groups excluding carboxylic acids is 1. The highest BCUT2D eigenvalue weighted by molar-refractivity contribution is 5.94. The lowest BCUT2D eigenvalue weighted by atomic mass is 10.1. The van der Waals surface area contributed by atoms with Crippen molar-refractivity contribution in [3.05, 3.63) is 29.6 Å². The molecule has 0 unspecified atom stereocenters. The van der Waals surface area contributed by atoms with Crippen LogP contribution in [0.15, 0.2) is 18.2 Å². The summed E-state index contributed by atoms with van der Waals surface area (Å²) in [7, 11) is 1.60. The van der Waals surface area contributed by atoms with Gasteiger partial charge in [0.25, 0.3) is 0 Å². The minimum absolute atomic E-state index is 0.162. The molecule has 0 radical (unpaired) electrons. The van der Waals surface area contributed by atoms with Gasteiger partial charge >= 0.3 is 0 Å². The molecule has 0 aliphatic heterocycles. The second-order valence-corrected chi connectivity index (χ2v) is 3.40. The monoisotopic (exact) mass is 226 g/mol. The van der Waals surface area contributed by atoms with E-state index in [1.54, 1.807) is 13.2 Å². The molecule has 1 aromatic rings. The van der Waals surface area contributed by atoms with Gasteiger partial charge < -0.3 is 9.47 Å². The number of ketones is 1. The van der Waals surface area contributed by atoms with Crippen LogP contribution < -0.4 is 4.74 Å². The highest BCUT2D eigenvalue weighted by Gasteiger charge is 2.06. The third kappa shape index (κ3) is 3.62. The van der Waals surface area contributed by atoms with Gasteiger partial charge in [0.05, 0.1) is 6.61 Å². The van der Waals surface area contributed by atoms with Gasteiger partial charge in [0.15, 0.2) is 17.3 Å². The van der Waals surface area contributed by atoms with E-state index in [-0.39, 0.29) is 11.5 Å². The van der Waals surface area contributed by atoms with Crippen LogP contribution in [0.1, 0.15) is 23.7 Å². The van der Waals surface area contributed by atoms with E-state index in [9.17, 15) is 9.18 Å². The van der Waals surface area contributed by atoms with Gasteiger partial charge in [0.1, 0.15) is 0 Å². The van der Waals surface area contributed by atoms with Crippen molar-refractivity contribution in [2.24, 2.45) is 0 Å². The Kier molecular flexibility index (Phi) is 4.92. The average Bonchev–Trinajstić information content (AvgIpc) is 2.26. The van der Waals surface area contributed by atoms with Crippen LogP contribution in [0.2, 0.25) is 0 Å². The molecule has 0 fully saturated rings. The van der Waals surface area contributed by atoms with Crippen LogP contribution in [0.3, 0.4) is 0 Å². The van der Waals surface area contributed by atoms with Crippen LogP contribution in [-0.4, -0.2) is 26.1 Å². The molecular formula is C12H15FO3. The summed E-state index contributed by atoms with van der Waals surface area (Å²) < 4.78 is 23.5. The molecule has 0 bridgehead atoms. The third-order valence-electron chi connectivity index (χ3n) is 2.09. The summed E-state index contributed by atoms with van der Waals surface area (Å²) in [5.41, 5.74) is 0.349. The van der Waals surface area contributed by atoms with Crippen molar-refractivity contribution in [1.29, 1.82) is 0 Å². The summed E-state index contributed by atoms with van der Waals surface area (Å²) >= 11 is 0. The summed E-state index contributed by atoms with van der Waals surface area (Å²) in [6.45, 7) is 2.37. The van der Waals surface area contributed by atoms with Crippen LogP contribution >= 0.6 is 0 Å². The number of carbonyl (C=O) groups is 1. The zero-order valence-electron chi connectivity index (χ0n) is 9.46. The summed E-state index contributed by atoms with van der Waals surface area (Å²) in [5, 5.41) is 0. The van der Waals surface area contributed by atoms with E-state index in [1.165, 1.54) is 19.1 Å². The maximum absolute atomic E-state index is 13.4. The molecule has 0 amide bonds. The lowest BCUT2D eigenvalue weighted by molar-refractivity contribution is 0.101. The third-order valence-corrected chi connectivity index (χ3v) is 2.09. The van der Waals surface area contributed by atoms with Crippen LogP contribution in [0, 0.1) is 5.82 Å². The molecular weight excluding hydrogens is 211 g/mol. The molecule has 16 heavy (non-hydrogen) atoms. The van der Waals surface area contributed by atoms with Crippen LogP contribution in [0.4, 0.5) is 4.39 Å². The number of ether oxygens (including phenoxy) is 2. The van der Waals surface area contributed by atoms with Gasteiger partial charge in [-0.1, -0.05) is 0 Å². The molecule has 0 N–H and O–H groups in total. The quantitative estimate of drug-likeness (QED) is 0.552. The molecule has 0 heterocycles. The Morgan fingerprint density at radius 3 is 2.69 bits per heavy atom. The first-order valence-electron chi connectivity index (χ1n) is 5.07. The largest absolute Gasteiger partial charge is 0.490 e. The van der Waals surface area contributed by atoms with Crippen molar-refractivity contribution in [2.45, 2.75) is 13.3 Å². The number of benzene rings is 1. The van der Waals surface area contributed by atoms with E-state index >= 15 is 0 Å². The van der Waals surface area contributed by atoms with Gasteiger partial charge in [-0.3, -0.25) is 4.79 Å². The number of hydrogen-bond donors (Lipinski definition) is 0. The Bertz CT molecular complexity index is 363. The maximum atomic E-state index is 13.4. The molecule has 1 rings (SSSR count). The van der Waals surface area contributed by atoms with E-state index in [1.807, 2.05) is 0 Å². The topological polar surface area (TPSA) is 35.5 Å². The molecule has 0 aromatic heterocycles. The van der Waals surface area contributed by atoms with E-state index in [2.05, 4.69) is 0 Å². The molecule has 1 aromatic carbocycles.